The highest BCUT2D eigenvalue weighted by molar-refractivity contribution is 7.09. The second-order valence-corrected chi connectivity index (χ2v) is 4.58. The Morgan fingerprint density at radius 3 is 2.88 bits per heavy atom. The van der Waals surface area contributed by atoms with Gasteiger partial charge in [0, 0.05) is 16.6 Å². The average Bonchev–Trinajstić information content (AvgIpc) is 2.77. The molecular weight excluding hydrogens is 236 g/mol. The maximum atomic E-state index is 11.8. The van der Waals surface area contributed by atoms with Crippen molar-refractivity contribution in [3.8, 4) is 0 Å². The molecule has 1 heterocycles. The summed E-state index contributed by atoms with van der Waals surface area (Å²) in [5.41, 5.74) is 1.71. The van der Waals surface area contributed by atoms with Crippen LogP contribution < -0.4 is 5.32 Å². The van der Waals surface area contributed by atoms with Gasteiger partial charge in [-0.1, -0.05) is 18.2 Å². The Hall–Kier alpha value is -1.72. The standard InChI is InChI=1S/C12H12N2O2S/c1-8-13-11(7-17-8)12(16)14-10-5-3-2-4-9(10)6-15/h2-5,7,15H,6H2,1H3,(H,14,16). The lowest BCUT2D eigenvalue weighted by Crippen LogP contribution is -2.13. The maximum absolute atomic E-state index is 11.8. The summed E-state index contributed by atoms with van der Waals surface area (Å²) in [6, 6.07) is 7.14. The number of amides is 1. The van der Waals surface area contributed by atoms with Crippen molar-refractivity contribution in [3.05, 3.63) is 45.9 Å². The summed E-state index contributed by atoms with van der Waals surface area (Å²) in [5, 5.41) is 14.4. The van der Waals surface area contributed by atoms with Gasteiger partial charge in [0.2, 0.25) is 0 Å². The zero-order valence-electron chi connectivity index (χ0n) is 9.30. The quantitative estimate of drug-likeness (QED) is 0.875. The van der Waals surface area contributed by atoms with Crippen LogP contribution in [0.5, 0.6) is 0 Å². The van der Waals surface area contributed by atoms with Gasteiger partial charge in [0.1, 0.15) is 5.69 Å². The van der Waals surface area contributed by atoms with Crippen molar-refractivity contribution in [2.75, 3.05) is 5.32 Å². The van der Waals surface area contributed by atoms with Crippen LogP contribution in [0.2, 0.25) is 0 Å². The second-order valence-electron chi connectivity index (χ2n) is 3.52. The third-order valence-corrected chi connectivity index (χ3v) is 3.06. The molecule has 88 valence electrons. The van der Waals surface area contributed by atoms with E-state index in [1.54, 1.807) is 23.6 Å². The number of thiazole rings is 1. The van der Waals surface area contributed by atoms with Gasteiger partial charge in [-0.3, -0.25) is 4.79 Å². The number of aliphatic hydroxyl groups is 1. The Balaban J connectivity index is 2.18. The SMILES string of the molecule is Cc1nc(C(=O)Nc2ccccc2CO)cs1. The molecular formula is C12H12N2O2S. The van der Waals surface area contributed by atoms with Crippen LogP contribution in [0.1, 0.15) is 21.1 Å². The van der Waals surface area contributed by atoms with Crippen molar-refractivity contribution in [1.29, 1.82) is 0 Å². The van der Waals surface area contributed by atoms with Gasteiger partial charge in [0.15, 0.2) is 0 Å². The van der Waals surface area contributed by atoms with Crippen molar-refractivity contribution in [1.82, 2.24) is 4.98 Å². The van der Waals surface area contributed by atoms with Crippen LogP contribution in [0.4, 0.5) is 5.69 Å². The molecule has 1 amide bonds. The second kappa shape index (κ2) is 5.07. The van der Waals surface area contributed by atoms with Crippen molar-refractivity contribution < 1.29 is 9.90 Å². The Labute approximate surface area is 103 Å². The first-order chi connectivity index (χ1) is 8.20. The van der Waals surface area contributed by atoms with Crippen LogP contribution >= 0.6 is 11.3 Å². The molecule has 1 aromatic heterocycles. The van der Waals surface area contributed by atoms with E-state index in [1.165, 1.54) is 11.3 Å². The summed E-state index contributed by atoms with van der Waals surface area (Å²) in [5.74, 6) is -0.254. The molecule has 2 aromatic rings. The molecule has 2 N–H and O–H groups in total. The number of carbonyl (C=O) groups excluding carboxylic acids is 1. The highest BCUT2D eigenvalue weighted by Crippen LogP contribution is 2.16. The van der Waals surface area contributed by atoms with Crippen LogP contribution in [0, 0.1) is 6.92 Å². The van der Waals surface area contributed by atoms with Crippen LogP contribution in [-0.2, 0) is 6.61 Å². The van der Waals surface area contributed by atoms with Crippen molar-refractivity contribution in [2.24, 2.45) is 0 Å². The average molecular weight is 248 g/mol. The summed E-state index contributed by atoms with van der Waals surface area (Å²) in [6.07, 6.45) is 0. The van der Waals surface area contributed by atoms with E-state index in [2.05, 4.69) is 10.3 Å². The van der Waals surface area contributed by atoms with Gasteiger partial charge in [-0.15, -0.1) is 11.3 Å². The molecule has 2 rings (SSSR count). The number of nitrogens with one attached hydrogen (secondary N) is 1. The van der Waals surface area contributed by atoms with Gasteiger partial charge in [-0.2, -0.15) is 0 Å². The number of carbonyl (C=O) groups is 1. The molecule has 0 radical (unpaired) electrons. The minimum absolute atomic E-state index is 0.105. The molecule has 0 saturated carbocycles. The van der Waals surface area contributed by atoms with Gasteiger partial charge in [0.05, 0.1) is 11.6 Å². The molecule has 0 unspecified atom stereocenters. The smallest absolute Gasteiger partial charge is 0.275 e. The predicted octanol–water partition coefficient (Wildman–Crippen LogP) is 2.20. The van der Waals surface area contributed by atoms with E-state index in [0.717, 1.165) is 5.01 Å². The van der Waals surface area contributed by atoms with Crippen molar-refractivity contribution >= 4 is 22.9 Å². The molecule has 0 saturated heterocycles. The van der Waals surface area contributed by atoms with Gasteiger partial charge < -0.3 is 10.4 Å². The Kier molecular flexibility index (Phi) is 3.51. The number of hydrogen-bond donors (Lipinski definition) is 2. The molecule has 0 bridgehead atoms. The fourth-order valence-corrected chi connectivity index (χ4v) is 2.03. The molecule has 4 nitrogen and oxygen atoms in total. The van der Waals surface area contributed by atoms with Crippen LogP contribution in [0.15, 0.2) is 29.6 Å². The minimum Gasteiger partial charge on any atom is -0.392 e. The molecule has 0 aliphatic carbocycles. The molecule has 0 fully saturated rings. The van der Waals surface area contributed by atoms with Gasteiger partial charge in [-0.25, -0.2) is 4.98 Å². The first-order valence-electron chi connectivity index (χ1n) is 5.13. The Morgan fingerprint density at radius 2 is 2.24 bits per heavy atom. The first-order valence-corrected chi connectivity index (χ1v) is 6.01. The lowest BCUT2D eigenvalue weighted by atomic mass is 10.2. The van der Waals surface area contributed by atoms with E-state index in [4.69, 9.17) is 5.11 Å². The number of hydrogen-bond acceptors (Lipinski definition) is 4. The van der Waals surface area contributed by atoms with Crippen LogP contribution in [-0.4, -0.2) is 16.0 Å². The first kappa shape index (κ1) is 11.8. The lowest BCUT2D eigenvalue weighted by molar-refractivity contribution is 0.102. The predicted molar refractivity (Wildman–Crippen MR) is 67.2 cm³/mol. The zero-order chi connectivity index (χ0) is 12.3. The fraction of sp³-hybridized carbons (Fsp3) is 0.167. The molecule has 1 aromatic carbocycles. The highest BCUT2D eigenvalue weighted by Gasteiger charge is 2.11. The number of aryl methyl sites for hydroxylation is 1. The monoisotopic (exact) mass is 248 g/mol. The minimum atomic E-state index is -0.254. The van der Waals surface area contributed by atoms with Gasteiger partial charge in [0.25, 0.3) is 5.91 Å². The molecule has 0 aliphatic rings. The molecule has 5 heteroatoms. The zero-order valence-corrected chi connectivity index (χ0v) is 10.1. The molecule has 0 spiro atoms. The van der Waals surface area contributed by atoms with E-state index in [1.807, 2.05) is 13.0 Å². The highest BCUT2D eigenvalue weighted by atomic mass is 32.1. The normalized spacial score (nSPS) is 10.2. The van der Waals surface area contributed by atoms with Crippen LogP contribution in [0.25, 0.3) is 0 Å². The summed E-state index contributed by atoms with van der Waals surface area (Å²) in [4.78, 5) is 16.0. The van der Waals surface area contributed by atoms with E-state index < -0.39 is 0 Å². The third kappa shape index (κ3) is 2.69. The van der Waals surface area contributed by atoms with Crippen molar-refractivity contribution in [2.45, 2.75) is 13.5 Å². The van der Waals surface area contributed by atoms with E-state index in [-0.39, 0.29) is 12.5 Å². The number of para-hydroxylation sites is 1. The van der Waals surface area contributed by atoms with E-state index >= 15 is 0 Å². The summed E-state index contributed by atoms with van der Waals surface area (Å²) in [7, 11) is 0. The Morgan fingerprint density at radius 1 is 1.47 bits per heavy atom. The number of aromatic nitrogens is 1. The topological polar surface area (TPSA) is 62.2 Å². The van der Waals surface area contributed by atoms with Crippen LogP contribution in [0.3, 0.4) is 0 Å². The number of nitrogens with zero attached hydrogens (tertiary/aromatic N) is 1. The number of anilines is 1. The molecule has 17 heavy (non-hydrogen) atoms. The van der Waals surface area contributed by atoms with E-state index in [9.17, 15) is 4.79 Å². The number of aliphatic hydroxyl groups excluding tert-OH is 1. The van der Waals surface area contributed by atoms with Crippen molar-refractivity contribution in [3.63, 3.8) is 0 Å². The number of benzene rings is 1. The largest absolute Gasteiger partial charge is 0.392 e. The summed E-state index contributed by atoms with van der Waals surface area (Å²) >= 11 is 1.43. The van der Waals surface area contributed by atoms with Gasteiger partial charge >= 0.3 is 0 Å². The number of rotatable bonds is 3. The molecule has 0 atom stereocenters. The van der Waals surface area contributed by atoms with Gasteiger partial charge in [-0.05, 0) is 13.0 Å². The Bertz CT molecular complexity index is 537. The van der Waals surface area contributed by atoms with E-state index in [0.29, 0.717) is 16.9 Å². The lowest BCUT2D eigenvalue weighted by Gasteiger charge is -2.07. The summed E-state index contributed by atoms with van der Waals surface area (Å²) < 4.78 is 0. The molecule has 0 aliphatic heterocycles. The third-order valence-electron chi connectivity index (χ3n) is 2.29. The fourth-order valence-electron chi connectivity index (χ4n) is 1.43. The summed E-state index contributed by atoms with van der Waals surface area (Å²) in [6.45, 7) is 1.75. The maximum Gasteiger partial charge on any atom is 0.275 e.